The number of carbonyl (C=O) groups excluding carboxylic acids is 2. The van der Waals surface area contributed by atoms with Gasteiger partial charge in [-0.1, -0.05) is 29.4 Å². The van der Waals surface area contributed by atoms with E-state index in [0.717, 1.165) is 42.1 Å². The minimum atomic E-state index is -4.70. The number of hydrogen-bond acceptors (Lipinski definition) is 6. The van der Waals surface area contributed by atoms with Crippen molar-refractivity contribution in [2.75, 3.05) is 16.4 Å². The molecule has 0 spiro atoms. The van der Waals surface area contributed by atoms with Crippen LogP contribution in [0.4, 0.5) is 37.7 Å². The maximum atomic E-state index is 13.5. The predicted octanol–water partition coefficient (Wildman–Crippen LogP) is 7.68. The van der Waals surface area contributed by atoms with Gasteiger partial charge in [0.15, 0.2) is 0 Å². The Labute approximate surface area is 249 Å². The molecule has 7 nitrogen and oxygen atoms in total. The van der Waals surface area contributed by atoms with Gasteiger partial charge in [0.2, 0.25) is 5.91 Å². The summed E-state index contributed by atoms with van der Waals surface area (Å²) in [5.41, 5.74) is -2.28. The Kier molecular flexibility index (Phi) is 9.17. The van der Waals surface area contributed by atoms with Gasteiger partial charge in [-0.2, -0.15) is 31.6 Å². The number of anilines is 2. The Hall–Kier alpha value is -4.35. The van der Waals surface area contributed by atoms with Crippen molar-refractivity contribution in [2.24, 2.45) is 0 Å². The van der Waals surface area contributed by atoms with Crippen molar-refractivity contribution in [1.82, 2.24) is 5.32 Å². The molecule has 2 amide bonds. The number of nitrogens with zero attached hydrogens (tertiary/aromatic N) is 1. The first-order valence-electron chi connectivity index (χ1n) is 12.1. The SMILES string of the molecule is CC1=C(C(=O)Nc2cc(C(F)(F)F)ccc2Cl)[C@@H](c2ccco2)C(C#N)=C(SCC(=O)Nc2cccc(C(F)(F)F)c2)N1. The van der Waals surface area contributed by atoms with Crippen molar-refractivity contribution in [3.05, 3.63) is 105 Å². The molecule has 0 unspecified atom stereocenters. The van der Waals surface area contributed by atoms with Crippen LogP contribution in [-0.4, -0.2) is 17.6 Å². The van der Waals surface area contributed by atoms with Gasteiger partial charge in [-0.05, 0) is 55.5 Å². The molecule has 224 valence electrons. The van der Waals surface area contributed by atoms with Crippen LogP contribution in [0, 0.1) is 11.3 Å². The fourth-order valence-corrected chi connectivity index (χ4v) is 5.22. The molecule has 3 aromatic rings. The summed E-state index contributed by atoms with van der Waals surface area (Å²) >= 11 is 6.90. The van der Waals surface area contributed by atoms with Gasteiger partial charge in [-0.25, -0.2) is 0 Å². The third-order valence-electron chi connectivity index (χ3n) is 6.08. The summed E-state index contributed by atoms with van der Waals surface area (Å²) in [6.45, 7) is 1.48. The summed E-state index contributed by atoms with van der Waals surface area (Å²) in [6.07, 6.45) is -8.00. The Morgan fingerprint density at radius 3 is 2.35 bits per heavy atom. The number of benzene rings is 2. The van der Waals surface area contributed by atoms with E-state index in [2.05, 4.69) is 16.0 Å². The second-order valence-electron chi connectivity index (χ2n) is 9.03. The molecule has 0 fully saturated rings. The lowest BCUT2D eigenvalue weighted by atomic mass is 9.85. The van der Waals surface area contributed by atoms with Crippen LogP contribution in [0.3, 0.4) is 0 Å². The van der Waals surface area contributed by atoms with Crippen LogP contribution in [0.25, 0.3) is 0 Å². The summed E-state index contributed by atoms with van der Waals surface area (Å²) in [7, 11) is 0. The molecule has 0 saturated carbocycles. The highest BCUT2D eigenvalue weighted by Gasteiger charge is 2.37. The Bertz CT molecular complexity index is 1660. The normalized spacial score (nSPS) is 15.6. The number of thioether (sulfide) groups is 1. The van der Waals surface area contributed by atoms with E-state index in [9.17, 15) is 41.2 Å². The number of amides is 2. The largest absolute Gasteiger partial charge is 0.468 e. The highest BCUT2D eigenvalue weighted by Crippen LogP contribution is 2.42. The molecule has 0 bridgehead atoms. The Balaban J connectivity index is 1.59. The van der Waals surface area contributed by atoms with Crippen molar-refractivity contribution in [3.8, 4) is 6.07 Å². The van der Waals surface area contributed by atoms with Crippen LogP contribution < -0.4 is 16.0 Å². The van der Waals surface area contributed by atoms with Gasteiger partial charge in [0.1, 0.15) is 5.76 Å². The fraction of sp³-hybridized carbons (Fsp3) is 0.179. The molecule has 15 heteroatoms. The number of nitrogens with one attached hydrogen (secondary N) is 3. The van der Waals surface area contributed by atoms with Crippen molar-refractivity contribution < 1.29 is 40.3 Å². The van der Waals surface area contributed by atoms with Crippen LogP contribution in [0.2, 0.25) is 5.02 Å². The first-order chi connectivity index (χ1) is 20.2. The van der Waals surface area contributed by atoms with Crippen LogP contribution in [0.1, 0.15) is 29.7 Å². The monoisotopic (exact) mass is 640 g/mol. The zero-order valence-corrected chi connectivity index (χ0v) is 23.4. The number of rotatable bonds is 7. The maximum Gasteiger partial charge on any atom is 0.416 e. The van der Waals surface area contributed by atoms with E-state index in [0.29, 0.717) is 6.07 Å². The van der Waals surface area contributed by atoms with Gasteiger partial charge in [0.05, 0.1) is 62.0 Å². The second kappa shape index (κ2) is 12.5. The van der Waals surface area contributed by atoms with Gasteiger partial charge >= 0.3 is 12.4 Å². The number of carbonyl (C=O) groups is 2. The number of dihydropyridines is 1. The molecule has 1 aliphatic heterocycles. The number of nitriles is 1. The number of hydrogen-bond donors (Lipinski definition) is 3. The summed E-state index contributed by atoms with van der Waals surface area (Å²) in [5, 5.41) is 17.7. The number of furan rings is 1. The van der Waals surface area contributed by atoms with Crippen LogP contribution >= 0.6 is 23.4 Å². The van der Waals surface area contributed by atoms with Gasteiger partial charge in [0.25, 0.3) is 5.91 Å². The molecular weight excluding hydrogens is 622 g/mol. The zero-order valence-electron chi connectivity index (χ0n) is 21.8. The fourth-order valence-electron chi connectivity index (χ4n) is 4.16. The maximum absolute atomic E-state index is 13.5. The minimum absolute atomic E-state index is 0.0438. The minimum Gasteiger partial charge on any atom is -0.468 e. The van der Waals surface area contributed by atoms with E-state index >= 15 is 0 Å². The Morgan fingerprint density at radius 2 is 1.72 bits per heavy atom. The molecule has 2 aromatic carbocycles. The number of halogens is 7. The second-order valence-corrected chi connectivity index (χ2v) is 10.4. The van der Waals surface area contributed by atoms with Gasteiger partial charge in [0, 0.05) is 11.4 Å². The van der Waals surface area contributed by atoms with Crippen LogP contribution in [0.5, 0.6) is 0 Å². The van der Waals surface area contributed by atoms with E-state index in [-0.39, 0.29) is 49.8 Å². The molecule has 0 aliphatic carbocycles. The predicted molar refractivity (Wildman–Crippen MR) is 148 cm³/mol. The molecule has 0 saturated heterocycles. The quantitative estimate of drug-likeness (QED) is 0.229. The average Bonchev–Trinajstić information content (AvgIpc) is 3.46. The first kappa shape index (κ1) is 31.6. The van der Waals surface area contributed by atoms with E-state index in [4.69, 9.17) is 16.0 Å². The summed E-state index contributed by atoms with van der Waals surface area (Å²) in [6, 6.07) is 11.5. The van der Waals surface area contributed by atoms with E-state index in [1.54, 1.807) is 0 Å². The number of allylic oxidation sites excluding steroid dienone is 2. The van der Waals surface area contributed by atoms with E-state index < -0.39 is 41.2 Å². The smallest absolute Gasteiger partial charge is 0.416 e. The highest BCUT2D eigenvalue weighted by molar-refractivity contribution is 8.03. The molecule has 0 radical (unpaired) electrons. The molecule has 4 rings (SSSR count). The summed E-state index contributed by atoms with van der Waals surface area (Å²) < 4.78 is 84.3. The van der Waals surface area contributed by atoms with Crippen molar-refractivity contribution >= 4 is 46.6 Å². The summed E-state index contributed by atoms with van der Waals surface area (Å²) in [4.78, 5) is 26.0. The lowest BCUT2D eigenvalue weighted by Crippen LogP contribution is -2.31. The standard InChI is InChI=1S/C28H19ClF6N4O3S/c1-14-23(25(41)39-20-11-16(28(33,34)35)7-8-19(20)29)24(21-6-3-9-42-21)18(12-36)26(37-14)43-13-22(40)38-17-5-2-4-15(10-17)27(30,31)32/h2-11,24,37H,13H2,1H3,(H,38,40)(H,39,41)/t24-/m1/s1. The van der Waals surface area contributed by atoms with Gasteiger partial charge in [-0.3, -0.25) is 9.59 Å². The van der Waals surface area contributed by atoms with Crippen molar-refractivity contribution in [2.45, 2.75) is 25.2 Å². The highest BCUT2D eigenvalue weighted by atomic mass is 35.5. The van der Waals surface area contributed by atoms with Crippen molar-refractivity contribution in [1.29, 1.82) is 5.26 Å². The molecule has 2 heterocycles. The zero-order chi connectivity index (χ0) is 31.5. The Morgan fingerprint density at radius 1 is 1.02 bits per heavy atom. The first-order valence-corrected chi connectivity index (χ1v) is 13.5. The van der Waals surface area contributed by atoms with Crippen LogP contribution in [-0.2, 0) is 21.9 Å². The third-order valence-corrected chi connectivity index (χ3v) is 7.43. The topological polar surface area (TPSA) is 107 Å². The summed E-state index contributed by atoms with van der Waals surface area (Å²) in [5.74, 6) is -2.84. The van der Waals surface area contributed by atoms with E-state index in [1.165, 1.54) is 31.4 Å². The lowest BCUT2D eigenvalue weighted by Gasteiger charge is -2.28. The van der Waals surface area contributed by atoms with Crippen LogP contribution in [0.15, 0.2) is 87.1 Å². The van der Waals surface area contributed by atoms with Gasteiger partial charge < -0.3 is 20.4 Å². The molecule has 1 aromatic heterocycles. The van der Waals surface area contributed by atoms with Crippen molar-refractivity contribution in [3.63, 3.8) is 0 Å². The van der Waals surface area contributed by atoms with E-state index in [1.807, 2.05) is 6.07 Å². The molecular formula is C28H19ClF6N4O3S. The molecule has 1 atom stereocenters. The lowest BCUT2D eigenvalue weighted by molar-refractivity contribution is -0.138. The molecule has 1 aliphatic rings. The number of alkyl halides is 6. The average molecular weight is 641 g/mol. The molecule has 3 N–H and O–H groups in total. The third kappa shape index (κ3) is 7.36. The molecule has 43 heavy (non-hydrogen) atoms. The van der Waals surface area contributed by atoms with Gasteiger partial charge in [-0.15, -0.1) is 0 Å².